The van der Waals surface area contributed by atoms with E-state index in [0.717, 1.165) is 0 Å². The molecule has 0 unspecified atom stereocenters. The summed E-state index contributed by atoms with van der Waals surface area (Å²) in [6.07, 6.45) is -1.51. The van der Waals surface area contributed by atoms with Crippen molar-refractivity contribution in [3.8, 4) is 0 Å². The molecule has 1 aliphatic rings. The van der Waals surface area contributed by atoms with Gasteiger partial charge in [-0.15, -0.1) is 0 Å². The van der Waals surface area contributed by atoms with Crippen LogP contribution in [0.5, 0.6) is 0 Å². The fourth-order valence-electron chi connectivity index (χ4n) is 1.80. The molecule has 0 saturated carbocycles. The third-order valence-corrected chi connectivity index (χ3v) is 2.56. The van der Waals surface area contributed by atoms with Gasteiger partial charge in [0.1, 0.15) is 12.6 Å². The van der Waals surface area contributed by atoms with E-state index in [2.05, 4.69) is 4.74 Å². The summed E-state index contributed by atoms with van der Waals surface area (Å²) in [5.74, 6) is -1.38. The monoisotopic (exact) mass is 251 g/mol. The minimum absolute atomic E-state index is 0.0590. The van der Waals surface area contributed by atoms with Crippen LogP contribution in [0, 0.1) is 0 Å². The van der Waals surface area contributed by atoms with Crippen molar-refractivity contribution in [3.05, 3.63) is 0 Å². The first kappa shape index (κ1) is 13.8. The first-order valence-corrected chi connectivity index (χ1v) is 5.40. The van der Waals surface area contributed by atoms with Gasteiger partial charge in [0.2, 0.25) is 5.91 Å². The molecule has 0 bridgehead atoms. The summed E-state index contributed by atoms with van der Waals surface area (Å²) in [5, 5.41) is 8.85. The molecule has 1 heterocycles. The molecular weight excluding hydrogens is 236 g/mol. The number of aliphatic carboxylic acids is 1. The third-order valence-electron chi connectivity index (χ3n) is 2.56. The summed E-state index contributed by atoms with van der Waals surface area (Å²) < 4.78 is 28.0. The molecule has 1 rings (SSSR count). The van der Waals surface area contributed by atoms with Gasteiger partial charge in [-0.1, -0.05) is 0 Å². The van der Waals surface area contributed by atoms with Crippen LogP contribution in [0.15, 0.2) is 0 Å². The van der Waals surface area contributed by atoms with E-state index in [1.165, 1.54) is 4.90 Å². The fourth-order valence-corrected chi connectivity index (χ4v) is 1.80. The number of carbonyl (C=O) groups is 2. The van der Waals surface area contributed by atoms with Crippen molar-refractivity contribution in [2.45, 2.75) is 31.7 Å². The molecule has 0 spiro atoms. The Kier molecular flexibility index (Phi) is 5.27. The van der Waals surface area contributed by atoms with Gasteiger partial charge in [-0.3, -0.25) is 4.79 Å². The van der Waals surface area contributed by atoms with Gasteiger partial charge in [0.15, 0.2) is 0 Å². The maximum Gasteiger partial charge on any atom is 0.326 e. The molecule has 1 amide bonds. The Labute approximate surface area is 97.3 Å². The van der Waals surface area contributed by atoms with Gasteiger partial charge >= 0.3 is 5.97 Å². The zero-order valence-electron chi connectivity index (χ0n) is 9.27. The summed E-state index contributed by atoms with van der Waals surface area (Å²) in [7, 11) is 0. The van der Waals surface area contributed by atoms with Crippen LogP contribution in [0.4, 0.5) is 8.78 Å². The smallest absolute Gasteiger partial charge is 0.326 e. The van der Waals surface area contributed by atoms with Crippen molar-refractivity contribution in [1.82, 2.24) is 4.90 Å². The van der Waals surface area contributed by atoms with Crippen molar-refractivity contribution in [1.29, 1.82) is 0 Å². The van der Waals surface area contributed by atoms with Gasteiger partial charge < -0.3 is 14.7 Å². The predicted molar refractivity (Wildman–Crippen MR) is 53.8 cm³/mol. The number of carboxylic acids is 1. The van der Waals surface area contributed by atoms with Crippen molar-refractivity contribution < 1.29 is 28.2 Å². The molecule has 1 fully saturated rings. The number of hydrogen-bond acceptors (Lipinski definition) is 3. The Morgan fingerprint density at radius 2 is 2.18 bits per heavy atom. The highest BCUT2D eigenvalue weighted by molar-refractivity contribution is 5.84. The van der Waals surface area contributed by atoms with E-state index in [1.807, 2.05) is 0 Å². The summed E-state index contributed by atoms with van der Waals surface area (Å²) in [6, 6.07) is -0.780. The topological polar surface area (TPSA) is 66.8 Å². The van der Waals surface area contributed by atoms with Gasteiger partial charge in [0.25, 0.3) is 6.43 Å². The number of rotatable bonds is 6. The Bertz CT molecular complexity index is 285. The molecule has 1 aliphatic heterocycles. The lowest BCUT2D eigenvalue weighted by Crippen LogP contribution is -2.40. The lowest BCUT2D eigenvalue weighted by Gasteiger charge is -2.21. The Morgan fingerprint density at radius 1 is 1.47 bits per heavy atom. The van der Waals surface area contributed by atoms with E-state index in [0.29, 0.717) is 19.4 Å². The van der Waals surface area contributed by atoms with Crippen LogP contribution < -0.4 is 0 Å². The molecule has 1 N–H and O–H groups in total. The van der Waals surface area contributed by atoms with Crippen LogP contribution in [0.25, 0.3) is 0 Å². The van der Waals surface area contributed by atoms with E-state index in [-0.39, 0.29) is 18.9 Å². The number of amides is 1. The Hall–Kier alpha value is -1.24. The highest BCUT2D eigenvalue weighted by atomic mass is 19.3. The fraction of sp³-hybridized carbons (Fsp3) is 0.800. The van der Waals surface area contributed by atoms with Crippen LogP contribution in [0.2, 0.25) is 0 Å². The minimum Gasteiger partial charge on any atom is -0.480 e. The van der Waals surface area contributed by atoms with Crippen molar-refractivity contribution in [2.75, 3.05) is 19.8 Å². The minimum atomic E-state index is -2.55. The second-order valence-corrected chi connectivity index (χ2v) is 3.80. The second-order valence-electron chi connectivity index (χ2n) is 3.80. The molecule has 7 heteroatoms. The molecule has 1 atom stereocenters. The number of halogens is 2. The van der Waals surface area contributed by atoms with Crippen LogP contribution in [-0.4, -0.2) is 54.1 Å². The number of likely N-dealkylation sites (tertiary alicyclic amines) is 1. The molecule has 0 aromatic carbocycles. The van der Waals surface area contributed by atoms with Crippen molar-refractivity contribution in [3.63, 3.8) is 0 Å². The Balaban J connectivity index is 2.29. The van der Waals surface area contributed by atoms with Gasteiger partial charge in [-0.25, -0.2) is 13.6 Å². The second kappa shape index (κ2) is 6.48. The standard InChI is InChI=1S/C10H15F2NO4/c11-8(12)6-17-5-3-9(14)13-4-1-2-7(13)10(15)16/h7-8H,1-6H2,(H,15,16)/t7-/m1/s1. The number of alkyl halides is 2. The predicted octanol–water partition coefficient (Wildman–Crippen LogP) is 0.734. The van der Waals surface area contributed by atoms with Crippen LogP contribution in [-0.2, 0) is 14.3 Å². The van der Waals surface area contributed by atoms with Gasteiger partial charge in [0, 0.05) is 6.54 Å². The SMILES string of the molecule is O=C(O)[C@H]1CCCN1C(=O)CCOCC(F)F. The number of hydrogen-bond donors (Lipinski definition) is 1. The molecule has 0 aromatic heterocycles. The molecular formula is C10H15F2NO4. The molecule has 1 saturated heterocycles. The largest absolute Gasteiger partial charge is 0.480 e. The maximum absolute atomic E-state index is 11.7. The molecule has 17 heavy (non-hydrogen) atoms. The third kappa shape index (κ3) is 4.26. The van der Waals surface area contributed by atoms with E-state index in [1.54, 1.807) is 0 Å². The average Bonchev–Trinajstić information content (AvgIpc) is 2.72. The van der Waals surface area contributed by atoms with E-state index < -0.39 is 25.0 Å². The van der Waals surface area contributed by atoms with E-state index in [9.17, 15) is 18.4 Å². The number of nitrogens with zero attached hydrogens (tertiary/aromatic N) is 1. The maximum atomic E-state index is 11.7. The highest BCUT2D eigenvalue weighted by Gasteiger charge is 2.33. The quantitative estimate of drug-likeness (QED) is 0.707. The van der Waals surface area contributed by atoms with E-state index in [4.69, 9.17) is 5.11 Å². The summed E-state index contributed by atoms with van der Waals surface area (Å²) in [6.45, 7) is -0.397. The summed E-state index contributed by atoms with van der Waals surface area (Å²) in [5.41, 5.74) is 0. The van der Waals surface area contributed by atoms with Gasteiger partial charge in [-0.05, 0) is 12.8 Å². The summed E-state index contributed by atoms with van der Waals surface area (Å²) >= 11 is 0. The molecule has 0 radical (unpaired) electrons. The number of carboxylic acid groups (broad SMARTS) is 1. The normalized spacial score (nSPS) is 19.9. The zero-order valence-corrected chi connectivity index (χ0v) is 9.27. The summed E-state index contributed by atoms with van der Waals surface area (Å²) in [4.78, 5) is 23.7. The lowest BCUT2D eigenvalue weighted by atomic mass is 10.2. The molecule has 98 valence electrons. The van der Waals surface area contributed by atoms with E-state index >= 15 is 0 Å². The van der Waals surface area contributed by atoms with Crippen molar-refractivity contribution >= 4 is 11.9 Å². The van der Waals surface area contributed by atoms with Crippen LogP contribution in [0.3, 0.4) is 0 Å². The van der Waals surface area contributed by atoms with Crippen LogP contribution >= 0.6 is 0 Å². The molecule has 5 nitrogen and oxygen atoms in total. The van der Waals surface area contributed by atoms with Gasteiger partial charge in [0.05, 0.1) is 13.0 Å². The lowest BCUT2D eigenvalue weighted by molar-refractivity contribution is -0.148. The van der Waals surface area contributed by atoms with Gasteiger partial charge in [-0.2, -0.15) is 0 Å². The Morgan fingerprint density at radius 3 is 2.76 bits per heavy atom. The first-order chi connectivity index (χ1) is 8.02. The number of ether oxygens (including phenoxy) is 1. The first-order valence-electron chi connectivity index (χ1n) is 5.40. The average molecular weight is 251 g/mol. The highest BCUT2D eigenvalue weighted by Crippen LogP contribution is 2.18. The molecule has 0 aromatic rings. The van der Waals surface area contributed by atoms with Crippen LogP contribution in [0.1, 0.15) is 19.3 Å². The van der Waals surface area contributed by atoms with Crippen molar-refractivity contribution in [2.24, 2.45) is 0 Å². The molecule has 0 aliphatic carbocycles. The number of carbonyl (C=O) groups excluding carboxylic acids is 1. The zero-order chi connectivity index (χ0) is 12.8.